The van der Waals surface area contributed by atoms with Crippen molar-refractivity contribution in [3.63, 3.8) is 0 Å². The third-order valence-corrected chi connectivity index (χ3v) is 8.35. The molecule has 8 nitrogen and oxygen atoms in total. The van der Waals surface area contributed by atoms with E-state index in [2.05, 4.69) is 22.2 Å². The number of nitrogens with two attached hydrogens (primary N) is 1. The molecule has 1 saturated heterocycles. The molecule has 0 radical (unpaired) electrons. The summed E-state index contributed by atoms with van der Waals surface area (Å²) in [4.78, 5) is 36.4. The Kier molecular flexibility index (Phi) is 7.15. The Hall–Kier alpha value is -3.08. The van der Waals surface area contributed by atoms with Crippen LogP contribution in [0.2, 0.25) is 0 Å². The third-order valence-electron chi connectivity index (χ3n) is 7.20. The monoisotopic (exact) mass is 524 g/mol. The van der Waals surface area contributed by atoms with Gasteiger partial charge in [0.25, 0.3) is 5.91 Å². The normalized spacial score (nSPS) is 17.2. The zero-order valence-corrected chi connectivity index (χ0v) is 22.3. The number of hydrogen-bond donors (Lipinski definition) is 2. The summed E-state index contributed by atoms with van der Waals surface area (Å²) in [6.07, 6.45) is 3.08. The Morgan fingerprint density at radius 3 is 2.86 bits per heavy atom. The van der Waals surface area contributed by atoms with E-state index in [9.17, 15) is 9.59 Å². The molecule has 0 saturated carbocycles. The van der Waals surface area contributed by atoms with Crippen LogP contribution in [-0.4, -0.2) is 65.5 Å². The van der Waals surface area contributed by atoms with Crippen LogP contribution in [0.15, 0.2) is 35.1 Å². The molecule has 0 aliphatic carbocycles. The average Bonchev–Trinajstić information content (AvgIpc) is 3.45. The first kappa shape index (κ1) is 25.6. The lowest BCUT2D eigenvalue weighted by atomic mass is 10.1. The van der Waals surface area contributed by atoms with E-state index in [0.717, 1.165) is 36.0 Å². The highest BCUT2D eigenvalue weighted by Gasteiger charge is 2.26. The maximum absolute atomic E-state index is 15.4. The second-order valence-electron chi connectivity index (χ2n) is 9.92. The number of anilines is 1. The van der Waals surface area contributed by atoms with Crippen molar-refractivity contribution in [2.75, 3.05) is 38.1 Å². The number of rotatable bonds is 8. The molecule has 10 heteroatoms. The van der Waals surface area contributed by atoms with Crippen LogP contribution < -0.4 is 21.4 Å². The summed E-state index contributed by atoms with van der Waals surface area (Å²) in [6.45, 7) is 6.23. The number of thiazole rings is 1. The van der Waals surface area contributed by atoms with Crippen LogP contribution in [0.25, 0.3) is 26.1 Å². The van der Waals surface area contributed by atoms with Gasteiger partial charge in [-0.25, -0.2) is 9.37 Å². The highest BCUT2D eigenvalue weighted by Crippen LogP contribution is 2.32. The number of carbonyl (C=O) groups excluding carboxylic acids is 1. The van der Waals surface area contributed by atoms with Crippen molar-refractivity contribution in [1.29, 1.82) is 0 Å². The summed E-state index contributed by atoms with van der Waals surface area (Å²) in [7, 11) is 2.10. The summed E-state index contributed by atoms with van der Waals surface area (Å²) in [6, 6.07) is 9.14. The maximum atomic E-state index is 15.4. The molecule has 1 aliphatic heterocycles. The number of nitrogens with one attached hydrogen (secondary N) is 1. The fraction of sp³-hybridized carbons (Fsp3) is 0.444. The Bertz CT molecular complexity index is 1530. The lowest BCUT2D eigenvalue weighted by Crippen LogP contribution is -2.37. The minimum Gasteiger partial charge on any atom is -0.353 e. The second-order valence-corrected chi connectivity index (χ2v) is 10.9. The van der Waals surface area contributed by atoms with E-state index in [0.29, 0.717) is 36.2 Å². The second kappa shape index (κ2) is 10.4. The lowest BCUT2D eigenvalue weighted by Gasteiger charge is -2.24. The number of para-hydroxylation sites is 1. The summed E-state index contributed by atoms with van der Waals surface area (Å²) < 4.78 is 18.1. The first-order valence-electron chi connectivity index (χ1n) is 12.9. The molecule has 4 aromatic rings. The largest absolute Gasteiger partial charge is 0.353 e. The van der Waals surface area contributed by atoms with Crippen LogP contribution in [0.3, 0.4) is 0 Å². The van der Waals surface area contributed by atoms with Crippen LogP contribution in [0, 0.1) is 5.82 Å². The van der Waals surface area contributed by atoms with Gasteiger partial charge in [-0.3, -0.25) is 14.0 Å². The number of likely N-dealkylation sites (N-methyl/N-ethyl adjacent to an activating group) is 1. The van der Waals surface area contributed by atoms with Gasteiger partial charge in [0, 0.05) is 31.7 Å². The molecule has 5 rings (SSSR count). The van der Waals surface area contributed by atoms with Gasteiger partial charge >= 0.3 is 0 Å². The standard InChI is InChI=1S/C27H33FN6O2S/c1-4-33(15-16(2)29)25-19(28)14-18-23(35)22(26(36)30-12-11-17-8-7-13-32(17)3)27-34(24(18)31-25)20-9-5-6-10-21(20)37-27/h5-6,9-10,14,16-17H,4,7-8,11-13,15,29H2,1-3H3,(H,30,36). The van der Waals surface area contributed by atoms with E-state index in [4.69, 9.17) is 5.73 Å². The van der Waals surface area contributed by atoms with Crippen LogP contribution in [0.1, 0.15) is 43.5 Å². The minimum absolute atomic E-state index is 0.0327. The topological polar surface area (TPSA) is 96.0 Å². The van der Waals surface area contributed by atoms with E-state index in [-0.39, 0.29) is 22.8 Å². The summed E-state index contributed by atoms with van der Waals surface area (Å²) in [5, 5.41) is 3.04. The fourth-order valence-corrected chi connectivity index (χ4v) is 6.50. The molecule has 3 aromatic heterocycles. The van der Waals surface area contributed by atoms with Gasteiger partial charge in [-0.15, -0.1) is 11.3 Å². The third kappa shape index (κ3) is 4.69. The van der Waals surface area contributed by atoms with Gasteiger partial charge in [-0.1, -0.05) is 12.1 Å². The first-order chi connectivity index (χ1) is 17.8. The van der Waals surface area contributed by atoms with Crippen molar-refractivity contribution in [2.45, 2.75) is 45.2 Å². The van der Waals surface area contributed by atoms with E-state index in [1.54, 1.807) is 4.90 Å². The predicted octanol–water partition coefficient (Wildman–Crippen LogP) is 3.59. The number of nitrogens with zero attached hydrogens (tertiary/aromatic N) is 4. The Labute approximate surface area is 218 Å². The van der Waals surface area contributed by atoms with Crippen molar-refractivity contribution in [3.8, 4) is 0 Å². The minimum atomic E-state index is -0.609. The van der Waals surface area contributed by atoms with Crippen molar-refractivity contribution in [2.24, 2.45) is 5.73 Å². The van der Waals surface area contributed by atoms with E-state index < -0.39 is 17.2 Å². The number of aromatic nitrogens is 2. The Balaban J connectivity index is 1.65. The average molecular weight is 525 g/mol. The molecule has 3 N–H and O–H groups in total. The van der Waals surface area contributed by atoms with Crippen molar-refractivity contribution in [3.05, 3.63) is 51.9 Å². The lowest BCUT2D eigenvalue weighted by molar-refractivity contribution is 0.0951. The maximum Gasteiger partial charge on any atom is 0.258 e. The van der Waals surface area contributed by atoms with Gasteiger partial charge in [-0.2, -0.15) is 0 Å². The molecular formula is C27H33FN6O2S. The van der Waals surface area contributed by atoms with Crippen LogP contribution >= 0.6 is 11.3 Å². The molecule has 1 aromatic carbocycles. The fourth-order valence-electron chi connectivity index (χ4n) is 5.32. The van der Waals surface area contributed by atoms with E-state index >= 15 is 4.39 Å². The molecule has 4 heterocycles. The smallest absolute Gasteiger partial charge is 0.258 e. The molecule has 2 atom stereocenters. The van der Waals surface area contributed by atoms with E-state index in [1.807, 2.05) is 42.5 Å². The van der Waals surface area contributed by atoms with Gasteiger partial charge in [-0.05, 0) is 64.9 Å². The summed E-state index contributed by atoms with van der Waals surface area (Å²) in [5.74, 6) is -0.899. The van der Waals surface area contributed by atoms with Crippen LogP contribution in [0.5, 0.6) is 0 Å². The van der Waals surface area contributed by atoms with Crippen molar-refractivity contribution >= 4 is 49.1 Å². The predicted molar refractivity (Wildman–Crippen MR) is 148 cm³/mol. The molecule has 1 aliphatic rings. The molecular weight excluding hydrogens is 491 g/mol. The first-order valence-corrected chi connectivity index (χ1v) is 13.7. The summed E-state index contributed by atoms with van der Waals surface area (Å²) in [5.41, 5.74) is 6.66. The number of halogens is 1. The SMILES string of the molecule is CCN(CC(C)N)c1nc2c(cc1F)c(=O)c(C(=O)NCCC1CCCN1C)c1sc3ccccc3n12. The number of pyridine rings is 2. The van der Waals surface area contributed by atoms with Gasteiger partial charge in [0.05, 0.1) is 15.6 Å². The molecule has 0 spiro atoms. The molecule has 196 valence electrons. The van der Waals surface area contributed by atoms with Gasteiger partial charge in [0.2, 0.25) is 5.43 Å². The van der Waals surface area contributed by atoms with Gasteiger partial charge < -0.3 is 20.9 Å². The molecule has 1 amide bonds. The number of hydrogen-bond acceptors (Lipinski definition) is 7. The van der Waals surface area contributed by atoms with Gasteiger partial charge in [0.15, 0.2) is 17.3 Å². The Morgan fingerprint density at radius 1 is 1.38 bits per heavy atom. The molecule has 1 fully saturated rings. The number of amides is 1. The van der Waals surface area contributed by atoms with Gasteiger partial charge in [0.1, 0.15) is 10.4 Å². The molecule has 37 heavy (non-hydrogen) atoms. The van der Waals surface area contributed by atoms with Crippen LogP contribution in [0.4, 0.5) is 10.2 Å². The van der Waals surface area contributed by atoms with Crippen LogP contribution in [-0.2, 0) is 0 Å². The molecule has 2 unspecified atom stereocenters. The summed E-state index contributed by atoms with van der Waals surface area (Å²) >= 11 is 1.37. The van der Waals surface area contributed by atoms with Crippen molar-refractivity contribution in [1.82, 2.24) is 19.6 Å². The van der Waals surface area contributed by atoms with E-state index in [1.165, 1.54) is 17.4 Å². The zero-order chi connectivity index (χ0) is 26.3. The Morgan fingerprint density at radius 2 is 2.16 bits per heavy atom. The number of benzene rings is 1. The highest BCUT2D eigenvalue weighted by atomic mass is 32.1. The molecule has 0 bridgehead atoms. The number of carbonyl (C=O) groups is 1. The number of fused-ring (bicyclic) bond motifs is 5. The quantitative estimate of drug-likeness (QED) is 0.366. The highest BCUT2D eigenvalue weighted by molar-refractivity contribution is 7.24. The number of likely N-dealkylation sites (tertiary alicyclic amines) is 1. The van der Waals surface area contributed by atoms with Crippen molar-refractivity contribution < 1.29 is 9.18 Å². The zero-order valence-electron chi connectivity index (χ0n) is 21.5.